The van der Waals surface area contributed by atoms with Crippen LogP contribution in [0, 0.1) is 0 Å². The Morgan fingerprint density at radius 2 is 1.76 bits per heavy atom. The van der Waals surface area contributed by atoms with E-state index < -0.39 is 0 Å². The first-order valence-corrected chi connectivity index (χ1v) is 11.2. The molecule has 1 spiro atoms. The molecule has 0 aromatic carbocycles. The molecule has 0 radical (unpaired) electrons. The minimum atomic E-state index is 0.189. The fourth-order valence-corrected chi connectivity index (χ4v) is 5.91. The van der Waals surface area contributed by atoms with Gasteiger partial charge in [0.1, 0.15) is 6.54 Å². The third kappa shape index (κ3) is 5.05. The minimum Gasteiger partial charge on any atom is -0.357 e. The van der Waals surface area contributed by atoms with Gasteiger partial charge in [0.25, 0.3) is 0 Å². The second-order valence-corrected chi connectivity index (χ2v) is 9.19. The van der Waals surface area contributed by atoms with Crippen LogP contribution in [0.15, 0.2) is 4.99 Å². The van der Waals surface area contributed by atoms with Crippen LogP contribution in [0.4, 0.5) is 0 Å². The lowest BCUT2D eigenvalue weighted by molar-refractivity contribution is -0.130. The first-order valence-electron chi connectivity index (χ1n) is 10.2. The summed E-state index contributed by atoms with van der Waals surface area (Å²) in [6.07, 6.45) is 10.3. The summed E-state index contributed by atoms with van der Waals surface area (Å²) in [5, 5.41) is 3.43. The van der Waals surface area contributed by atoms with Gasteiger partial charge in [-0.1, -0.05) is 19.3 Å². The molecule has 6 heteroatoms. The minimum absolute atomic E-state index is 0.189. The van der Waals surface area contributed by atoms with E-state index in [1.165, 1.54) is 44.3 Å². The van der Waals surface area contributed by atoms with Gasteiger partial charge in [-0.2, -0.15) is 11.8 Å². The Morgan fingerprint density at radius 1 is 1.04 bits per heavy atom. The second kappa shape index (κ2) is 9.15. The smallest absolute Gasteiger partial charge is 0.244 e. The van der Waals surface area contributed by atoms with Gasteiger partial charge in [0.2, 0.25) is 5.91 Å². The number of carbonyl (C=O) groups excluding carboxylic acids is 1. The van der Waals surface area contributed by atoms with Crippen LogP contribution in [0.1, 0.15) is 58.3 Å². The molecule has 1 N–H and O–H groups in total. The van der Waals surface area contributed by atoms with Crippen molar-refractivity contribution in [1.82, 2.24) is 15.1 Å². The maximum atomic E-state index is 12.5. The number of guanidine groups is 1. The average molecular weight is 367 g/mol. The van der Waals surface area contributed by atoms with E-state index in [2.05, 4.69) is 28.9 Å². The summed E-state index contributed by atoms with van der Waals surface area (Å²) in [4.78, 5) is 21.6. The molecule has 3 aliphatic rings. The molecule has 1 amide bonds. The van der Waals surface area contributed by atoms with E-state index in [1.54, 1.807) is 0 Å². The molecule has 0 aromatic rings. The van der Waals surface area contributed by atoms with Gasteiger partial charge in [0.15, 0.2) is 5.96 Å². The maximum Gasteiger partial charge on any atom is 0.244 e. The number of hydrogen-bond acceptors (Lipinski definition) is 3. The third-order valence-electron chi connectivity index (χ3n) is 5.72. The Morgan fingerprint density at radius 3 is 2.48 bits per heavy atom. The number of amides is 1. The van der Waals surface area contributed by atoms with Gasteiger partial charge >= 0.3 is 0 Å². The Bertz CT molecular complexity index is 465. The summed E-state index contributed by atoms with van der Waals surface area (Å²) in [6, 6.07) is 0. The van der Waals surface area contributed by atoms with Crippen molar-refractivity contribution in [2.45, 2.75) is 63.0 Å². The van der Waals surface area contributed by atoms with Gasteiger partial charge in [-0.05, 0) is 39.0 Å². The maximum absolute atomic E-state index is 12.5. The van der Waals surface area contributed by atoms with E-state index in [0.29, 0.717) is 11.3 Å². The molecule has 2 aliphatic heterocycles. The Balaban J connectivity index is 1.61. The van der Waals surface area contributed by atoms with E-state index in [0.717, 1.165) is 51.5 Å². The predicted octanol–water partition coefficient (Wildman–Crippen LogP) is 2.72. The van der Waals surface area contributed by atoms with Crippen molar-refractivity contribution in [2.24, 2.45) is 4.99 Å². The second-order valence-electron chi connectivity index (χ2n) is 7.63. The number of carbonyl (C=O) groups is 1. The molecule has 0 aromatic heterocycles. The number of rotatable bonds is 3. The van der Waals surface area contributed by atoms with Crippen molar-refractivity contribution in [2.75, 3.05) is 45.0 Å². The fraction of sp³-hybridized carbons (Fsp3) is 0.895. The number of likely N-dealkylation sites (tertiary alicyclic amines) is 1. The molecule has 0 unspecified atom stereocenters. The molecule has 142 valence electrons. The van der Waals surface area contributed by atoms with Crippen molar-refractivity contribution < 1.29 is 4.79 Å². The highest BCUT2D eigenvalue weighted by molar-refractivity contribution is 8.00. The number of hydrogen-bond donors (Lipinski definition) is 1. The van der Waals surface area contributed by atoms with Crippen LogP contribution >= 0.6 is 11.8 Å². The molecule has 2 heterocycles. The summed E-state index contributed by atoms with van der Waals surface area (Å²) in [5.41, 5.74) is 0. The van der Waals surface area contributed by atoms with Crippen LogP contribution in [0.2, 0.25) is 0 Å². The van der Waals surface area contributed by atoms with Crippen LogP contribution < -0.4 is 5.32 Å². The van der Waals surface area contributed by atoms with Gasteiger partial charge in [0.05, 0.1) is 0 Å². The van der Waals surface area contributed by atoms with Crippen LogP contribution in [-0.4, -0.2) is 71.4 Å². The highest BCUT2D eigenvalue weighted by atomic mass is 32.2. The molecule has 1 saturated carbocycles. The monoisotopic (exact) mass is 366 g/mol. The Kier molecular flexibility index (Phi) is 6.91. The fourth-order valence-electron chi connectivity index (χ4n) is 4.34. The van der Waals surface area contributed by atoms with Crippen molar-refractivity contribution in [1.29, 1.82) is 0 Å². The zero-order valence-electron chi connectivity index (χ0n) is 15.8. The van der Waals surface area contributed by atoms with Gasteiger partial charge in [-0.25, -0.2) is 4.99 Å². The summed E-state index contributed by atoms with van der Waals surface area (Å²) in [6.45, 7) is 7.20. The highest BCUT2D eigenvalue weighted by Gasteiger charge is 2.38. The van der Waals surface area contributed by atoms with E-state index in [1.807, 2.05) is 4.90 Å². The molecule has 0 atom stereocenters. The molecule has 5 nitrogen and oxygen atoms in total. The lowest BCUT2D eigenvalue weighted by atomic mass is 9.87. The average Bonchev–Trinajstić information content (AvgIpc) is 2.66. The number of nitrogens with one attached hydrogen (secondary N) is 1. The van der Waals surface area contributed by atoms with Gasteiger partial charge < -0.3 is 15.1 Å². The molecule has 3 rings (SSSR count). The highest BCUT2D eigenvalue weighted by Crippen LogP contribution is 2.42. The first-order chi connectivity index (χ1) is 12.2. The zero-order valence-corrected chi connectivity index (χ0v) is 16.6. The Hall–Kier alpha value is -0.910. The molecular formula is C19H34N4OS. The number of thioether (sulfide) groups is 1. The van der Waals surface area contributed by atoms with Crippen molar-refractivity contribution >= 4 is 23.6 Å². The van der Waals surface area contributed by atoms with Gasteiger partial charge in [-0.3, -0.25) is 4.79 Å². The van der Waals surface area contributed by atoms with E-state index in [9.17, 15) is 4.79 Å². The summed E-state index contributed by atoms with van der Waals surface area (Å²) < 4.78 is 0.420. The van der Waals surface area contributed by atoms with Crippen molar-refractivity contribution in [3.05, 3.63) is 0 Å². The predicted molar refractivity (Wildman–Crippen MR) is 106 cm³/mol. The SMILES string of the molecule is CCNC(=NCC(=O)N1CCCCC1)N1CCSC2(CCCCC2)C1. The van der Waals surface area contributed by atoms with Gasteiger partial charge in [0, 0.05) is 43.2 Å². The molecule has 25 heavy (non-hydrogen) atoms. The van der Waals surface area contributed by atoms with Crippen LogP contribution in [0.25, 0.3) is 0 Å². The molecule has 2 saturated heterocycles. The van der Waals surface area contributed by atoms with E-state index in [-0.39, 0.29) is 5.91 Å². The van der Waals surface area contributed by atoms with E-state index >= 15 is 0 Å². The van der Waals surface area contributed by atoms with Crippen LogP contribution in [0.5, 0.6) is 0 Å². The zero-order chi connectivity index (χ0) is 17.5. The normalized spacial score (nSPS) is 24.4. The molecule has 0 bridgehead atoms. The van der Waals surface area contributed by atoms with Crippen LogP contribution in [-0.2, 0) is 4.79 Å². The molecular weight excluding hydrogens is 332 g/mol. The van der Waals surface area contributed by atoms with Gasteiger partial charge in [-0.15, -0.1) is 0 Å². The molecule has 3 fully saturated rings. The van der Waals surface area contributed by atoms with E-state index in [4.69, 9.17) is 4.99 Å². The topological polar surface area (TPSA) is 47.9 Å². The number of aliphatic imine (C=N–C) groups is 1. The summed E-state index contributed by atoms with van der Waals surface area (Å²) in [7, 11) is 0. The van der Waals surface area contributed by atoms with Crippen LogP contribution in [0.3, 0.4) is 0 Å². The quantitative estimate of drug-likeness (QED) is 0.616. The number of piperidine rings is 1. The third-order valence-corrected chi connectivity index (χ3v) is 7.26. The standard InChI is InChI=1S/C19H34N4OS/c1-2-20-18(21-15-17(24)22-11-7-4-8-12-22)23-13-14-25-19(16-23)9-5-3-6-10-19/h2-16H2,1H3,(H,20,21). The lowest BCUT2D eigenvalue weighted by Crippen LogP contribution is -2.53. The first kappa shape index (κ1) is 18.9. The van der Waals surface area contributed by atoms with Crippen molar-refractivity contribution in [3.8, 4) is 0 Å². The lowest BCUT2D eigenvalue weighted by Gasteiger charge is -2.45. The van der Waals surface area contributed by atoms with Crippen molar-refractivity contribution in [3.63, 3.8) is 0 Å². The molecule has 1 aliphatic carbocycles. The summed E-state index contributed by atoms with van der Waals surface area (Å²) in [5.74, 6) is 2.30. The largest absolute Gasteiger partial charge is 0.357 e. The summed E-state index contributed by atoms with van der Waals surface area (Å²) >= 11 is 2.17. The Labute approximate surface area is 157 Å². The number of nitrogens with zero attached hydrogens (tertiary/aromatic N) is 3.